The van der Waals surface area contributed by atoms with Crippen molar-refractivity contribution < 1.29 is 22.7 Å². The van der Waals surface area contributed by atoms with Gasteiger partial charge in [0.1, 0.15) is 16.4 Å². The summed E-state index contributed by atoms with van der Waals surface area (Å²) in [5, 5.41) is 0. The van der Waals surface area contributed by atoms with Gasteiger partial charge >= 0.3 is 0 Å². The minimum Gasteiger partial charge on any atom is -0.497 e. The molecule has 137 valence electrons. The van der Waals surface area contributed by atoms with Crippen LogP contribution >= 0.6 is 0 Å². The number of ether oxygens (including phenoxy) is 2. The molecule has 2 heterocycles. The average molecular weight is 377 g/mol. The Balaban J connectivity index is 1.99. The number of nitrogens with zero attached hydrogens (tertiary/aromatic N) is 3. The number of fused-ring (bicyclic) bond motifs is 1. The van der Waals surface area contributed by atoms with Crippen molar-refractivity contribution in [1.82, 2.24) is 14.3 Å². The van der Waals surface area contributed by atoms with E-state index in [1.807, 2.05) is 0 Å². The number of amides is 1. The van der Waals surface area contributed by atoms with Crippen LogP contribution in [0.3, 0.4) is 0 Å². The second-order valence-electron chi connectivity index (χ2n) is 5.55. The van der Waals surface area contributed by atoms with Gasteiger partial charge in [-0.3, -0.25) is 4.79 Å². The first-order valence-corrected chi connectivity index (χ1v) is 9.10. The highest BCUT2D eigenvalue weighted by Crippen LogP contribution is 2.32. The molecule has 2 aromatic rings. The lowest BCUT2D eigenvalue weighted by Gasteiger charge is -2.27. The molecule has 0 bridgehead atoms. The highest BCUT2D eigenvalue weighted by Gasteiger charge is 2.32. The van der Waals surface area contributed by atoms with Crippen molar-refractivity contribution in [3.8, 4) is 11.5 Å². The third kappa shape index (κ3) is 3.20. The van der Waals surface area contributed by atoms with Crippen LogP contribution < -0.4 is 15.2 Å². The number of sulfonamides is 1. The Bertz CT molecular complexity index is 961. The molecule has 0 fully saturated rings. The molecule has 0 spiro atoms. The lowest BCUT2D eigenvalue weighted by molar-refractivity contribution is 0.0989. The quantitative estimate of drug-likeness (QED) is 0.786. The van der Waals surface area contributed by atoms with Gasteiger partial charge in [-0.15, -0.1) is 0 Å². The zero-order valence-electron chi connectivity index (χ0n) is 14.2. The summed E-state index contributed by atoms with van der Waals surface area (Å²) in [5.41, 5.74) is 6.26. The van der Waals surface area contributed by atoms with Crippen molar-refractivity contribution in [2.45, 2.75) is 17.9 Å². The van der Waals surface area contributed by atoms with Crippen molar-refractivity contribution in [2.75, 3.05) is 20.8 Å². The summed E-state index contributed by atoms with van der Waals surface area (Å²) in [6, 6.07) is 4.56. The van der Waals surface area contributed by atoms with Crippen LogP contribution in [0.25, 0.3) is 0 Å². The predicted molar refractivity (Wildman–Crippen MR) is 90.2 cm³/mol. The van der Waals surface area contributed by atoms with Gasteiger partial charge in [-0.1, -0.05) is 0 Å². The third-order valence-corrected chi connectivity index (χ3v) is 5.90. The van der Waals surface area contributed by atoms with Crippen LogP contribution in [-0.2, 0) is 23.0 Å². The zero-order valence-corrected chi connectivity index (χ0v) is 15.0. The van der Waals surface area contributed by atoms with E-state index in [2.05, 4.69) is 16.2 Å². The van der Waals surface area contributed by atoms with Crippen LogP contribution in [0.15, 0.2) is 23.1 Å². The Morgan fingerprint density at radius 2 is 2.08 bits per heavy atom. The zero-order chi connectivity index (χ0) is 18.9. The molecule has 0 aliphatic carbocycles. The van der Waals surface area contributed by atoms with Crippen LogP contribution in [-0.4, -0.2) is 49.4 Å². The molecule has 10 heteroatoms. The Morgan fingerprint density at radius 3 is 2.73 bits per heavy atom. The summed E-state index contributed by atoms with van der Waals surface area (Å²) in [4.78, 5) is 19.1. The molecule has 26 heavy (non-hydrogen) atoms. The number of rotatable bonds is 5. The molecule has 1 radical (unpaired) electrons. The fraction of sp³-hybridized carbons (Fsp3) is 0.312. The number of benzene rings is 1. The van der Waals surface area contributed by atoms with E-state index in [1.54, 1.807) is 6.07 Å². The molecule has 2 N–H and O–H groups in total. The monoisotopic (exact) mass is 377 g/mol. The highest BCUT2D eigenvalue weighted by atomic mass is 32.2. The minimum absolute atomic E-state index is 0.00374. The molecular formula is C16H17N4O5S. The number of nitrogens with two attached hydrogens (primary N) is 1. The number of carbonyl (C=O) groups is 1. The van der Waals surface area contributed by atoms with Crippen molar-refractivity contribution in [1.29, 1.82) is 0 Å². The first kappa shape index (κ1) is 18.1. The topological polar surface area (TPSA) is 125 Å². The maximum atomic E-state index is 13.1. The van der Waals surface area contributed by atoms with E-state index in [4.69, 9.17) is 15.2 Å². The van der Waals surface area contributed by atoms with E-state index in [0.29, 0.717) is 23.4 Å². The van der Waals surface area contributed by atoms with Gasteiger partial charge < -0.3 is 15.2 Å². The second kappa shape index (κ2) is 6.89. The maximum absolute atomic E-state index is 13.1. The first-order valence-electron chi connectivity index (χ1n) is 7.66. The molecule has 1 aromatic carbocycles. The van der Waals surface area contributed by atoms with Crippen LogP contribution in [0.5, 0.6) is 11.5 Å². The van der Waals surface area contributed by atoms with Crippen molar-refractivity contribution in [2.24, 2.45) is 5.73 Å². The number of aromatic nitrogens is 2. The third-order valence-electron chi connectivity index (χ3n) is 4.03. The van der Waals surface area contributed by atoms with Crippen molar-refractivity contribution >= 4 is 15.9 Å². The molecule has 1 amide bonds. The first-order chi connectivity index (χ1) is 12.4. The molecular weight excluding hydrogens is 360 g/mol. The van der Waals surface area contributed by atoms with E-state index in [-0.39, 0.29) is 29.6 Å². The van der Waals surface area contributed by atoms with Gasteiger partial charge in [0.2, 0.25) is 15.8 Å². The van der Waals surface area contributed by atoms with Gasteiger partial charge in [0.15, 0.2) is 0 Å². The van der Waals surface area contributed by atoms with Gasteiger partial charge in [0.25, 0.3) is 5.91 Å². The van der Waals surface area contributed by atoms with Gasteiger partial charge in [-0.2, -0.15) is 4.31 Å². The molecule has 0 unspecified atom stereocenters. The van der Waals surface area contributed by atoms with E-state index in [0.717, 1.165) is 0 Å². The number of primary amides is 1. The predicted octanol–water partition coefficient (Wildman–Crippen LogP) is 0.140. The smallest absolute Gasteiger partial charge is 0.286 e. The van der Waals surface area contributed by atoms with Crippen LogP contribution in [0.2, 0.25) is 0 Å². The summed E-state index contributed by atoms with van der Waals surface area (Å²) >= 11 is 0. The summed E-state index contributed by atoms with van der Waals surface area (Å²) in [6.45, 7) is 0.211. The molecule has 1 aromatic heterocycles. The van der Waals surface area contributed by atoms with Crippen LogP contribution in [0.1, 0.15) is 21.9 Å². The van der Waals surface area contributed by atoms with E-state index in [9.17, 15) is 13.2 Å². The summed E-state index contributed by atoms with van der Waals surface area (Å²) in [7, 11) is -1.03. The minimum atomic E-state index is -3.88. The Kier molecular flexibility index (Phi) is 4.79. The fourth-order valence-electron chi connectivity index (χ4n) is 2.66. The number of hydrogen-bond donors (Lipinski definition) is 1. The largest absolute Gasteiger partial charge is 0.497 e. The van der Waals surface area contributed by atoms with Gasteiger partial charge in [0, 0.05) is 18.2 Å². The van der Waals surface area contributed by atoms with E-state index in [1.165, 1.54) is 30.7 Å². The standard InChI is InChI=1S/C16H17N4O5S/c1-24-11-3-4-13(25-2)14(7-11)26(22,23)20-6-5-10-8-18-16(15(17)21)19-12(10)9-20/h3-4,7H,5-6,9H2,1-2H3,(H2,17,21). The Morgan fingerprint density at radius 1 is 1.31 bits per heavy atom. The normalized spacial score (nSPS) is 14.5. The second-order valence-corrected chi connectivity index (χ2v) is 7.46. The molecule has 1 aliphatic heterocycles. The Labute approximate surface area is 150 Å². The van der Waals surface area contributed by atoms with Gasteiger partial charge in [0.05, 0.1) is 32.7 Å². The average Bonchev–Trinajstić information content (AvgIpc) is 2.66. The molecule has 0 atom stereocenters. The van der Waals surface area contributed by atoms with Crippen LogP contribution in [0, 0.1) is 6.20 Å². The maximum Gasteiger partial charge on any atom is 0.286 e. The lowest BCUT2D eigenvalue weighted by Crippen LogP contribution is -2.37. The lowest BCUT2D eigenvalue weighted by atomic mass is 10.1. The molecule has 0 saturated carbocycles. The number of carbonyl (C=O) groups excluding carboxylic acids is 1. The van der Waals surface area contributed by atoms with Crippen molar-refractivity contribution in [3.63, 3.8) is 0 Å². The number of methoxy groups -OCH3 is 2. The van der Waals surface area contributed by atoms with Crippen molar-refractivity contribution in [3.05, 3.63) is 41.5 Å². The van der Waals surface area contributed by atoms with Gasteiger partial charge in [-0.05, 0) is 18.6 Å². The molecule has 1 aliphatic rings. The van der Waals surface area contributed by atoms with E-state index < -0.39 is 15.9 Å². The highest BCUT2D eigenvalue weighted by molar-refractivity contribution is 7.89. The van der Waals surface area contributed by atoms with E-state index >= 15 is 0 Å². The van der Waals surface area contributed by atoms with Gasteiger partial charge in [-0.25, -0.2) is 18.4 Å². The fourth-order valence-corrected chi connectivity index (χ4v) is 4.23. The molecule has 9 nitrogen and oxygen atoms in total. The van der Waals surface area contributed by atoms with Crippen LogP contribution in [0.4, 0.5) is 0 Å². The summed E-state index contributed by atoms with van der Waals surface area (Å²) in [5.74, 6) is -0.377. The SMILES string of the molecule is COc1ccc(OC)c(S(=O)(=O)N2CCc3[c]nc(C(N)=O)nc3C2)c1. The summed E-state index contributed by atoms with van der Waals surface area (Å²) in [6.07, 6.45) is 3.09. The Hall–Kier alpha value is -2.72. The summed E-state index contributed by atoms with van der Waals surface area (Å²) < 4.78 is 37.8. The molecule has 0 saturated heterocycles. The number of hydrogen-bond acceptors (Lipinski definition) is 7. The molecule has 3 rings (SSSR count).